The van der Waals surface area contributed by atoms with Gasteiger partial charge in [-0.25, -0.2) is 14.8 Å². The largest absolute Gasteiger partial charge is 0.495 e. The number of anilines is 2. The number of esters is 1. The second-order valence-corrected chi connectivity index (χ2v) is 8.56. The van der Waals surface area contributed by atoms with Gasteiger partial charge < -0.3 is 14.8 Å². The number of aromatic nitrogens is 4. The van der Waals surface area contributed by atoms with E-state index in [9.17, 15) is 4.79 Å². The lowest BCUT2D eigenvalue weighted by Gasteiger charge is -2.20. The summed E-state index contributed by atoms with van der Waals surface area (Å²) in [4.78, 5) is 21.4. The molecule has 5 rings (SSSR count). The maximum Gasteiger partial charge on any atom is 0.337 e. The van der Waals surface area contributed by atoms with Gasteiger partial charge in [-0.05, 0) is 42.2 Å². The molecule has 8 heteroatoms. The van der Waals surface area contributed by atoms with Crippen LogP contribution in [0.1, 0.15) is 45.7 Å². The third-order valence-corrected chi connectivity index (χ3v) is 6.48. The van der Waals surface area contributed by atoms with Crippen LogP contribution >= 0.6 is 0 Å². The van der Waals surface area contributed by atoms with Gasteiger partial charge in [0.2, 0.25) is 5.95 Å². The highest BCUT2D eigenvalue weighted by molar-refractivity contribution is 5.91. The molecule has 2 aromatic heterocycles. The minimum absolute atomic E-state index is 0.153. The van der Waals surface area contributed by atoms with Gasteiger partial charge in [0.1, 0.15) is 5.75 Å². The SMILES string of the molecule is COC(=O)c1ccc(Nc2ncc3c(n2)-c2c(nn(C)c2C(C)c2ccccc2)CC3)c(OC)c1. The summed E-state index contributed by atoms with van der Waals surface area (Å²) >= 11 is 0. The molecule has 1 aliphatic rings. The molecule has 178 valence electrons. The lowest BCUT2D eigenvalue weighted by molar-refractivity contribution is 0.0600. The number of ether oxygens (including phenoxy) is 2. The van der Waals surface area contributed by atoms with E-state index < -0.39 is 5.97 Å². The molecule has 0 saturated heterocycles. The molecule has 0 aliphatic heterocycles. The molecule has 0 bridgehead atoms. The molecule has 0 amide bonds. The minimum Gasteiger partial charge on any atom is -0.495 e. The Morgan fingerprint density at radius 3 is 2.66 bits per heavy atom. The van der Waals surface area contributed by atoms with Crippen molar-refractivity contribution in [3.8, 4) is 17.0 Å². The summed E-state index contributed by atoms with van der Waals surface area (Å²) in [5, 5.41) is 8.09. The Morgan fingerprint density at radius 1 is 1.11 bits per heavy atom. The second kappa shape index (κ2) is 9.21. The second-order valence-electron chi connectivity index (χ2n) is 8.56. The van der Waals surface area contributed by atoms with Gasteiger partial charge in [0, 0.05) is 24.7 Å². The maximum atomic E-state index is 11.9. The predicted molar refractivity (Wildman–Crippen MR) is 133 cm³/mol. The fraction of sp³-hybridized carbons (Fsp3) is 0.259. The van der Waals surface area contributed by atoms with Crippen LogP contribution in [0.4, 0.5) is 11.6 Å². The summed E-state index contributed by atoms with van der Waals surface area (Å²) in [5.74, 6) is 0.669. The highest BCUT2D eigenvalue weighted by Gasteiger charge is 2.29. The molecule has 4 aromatic rings. The number of carbonyl (C=O) groups excluding carboxylic acids is 1. The van der Waals surface area contributed by atoms with Gasteiger partial charge in [0.15, 0.2) is 0 Å². The summed E-state index contributed by atoms with van der Waals surface area (Å²) in [5.41, 5.74) is 7.57. The molecule has 2 aromatic carbocycles. The van der Waals surface area contributed by atoms with E-state index in [-0.39, 0.29) is 5.92 Å². The molecule has 2 heterocycles. The summed E-state index contributed by atoms with van der Waals surface area (Å²) < 4.78 is 12.3. The van der Waals surface area contributed by atoms with E-state index in [2.05, 4.69) is 41.5 Å². The number of nitrogens with one attached hydrogen (secondary N) is 1. The number of nitrogens with zero attached hydrogens (tertiary/aromatic N) is 4. The van der Waals surface area contributed by atoms with Gasteiger partial charge in [-0.15, -0.1) is 0 Å². The Bertz CT molecular complexity index is 1400. The average Bonchev–Trinajstić information content (AvgIpc) is 3.24. The monoisotopic (exact) mass is 469 g/mol. The topological polar surface area (TPSA) is 91.2 Å². The smallest absolute Gasteiger partial charge is 0.337 e. The Morgan fingerprint density at radius 2 is 1.91 bits per heavy atom. The van der Waals surface area contributed by atoms with Crippen LogP contribution in [0.3, 0.4) is 0 Å². The number of rotatable bonds is 6. The van der Waals surface area contributed by atoms with Crippen LogP contribution in [0, 0.1) is 0 Å². The number of carbonyl (C=O) groups is 1. The zero-order valence-corrected chi connectivity index (χ0v) is 20.2. The Labute approximate surface area is 204 Å². The van der Waals surface area contributed by atoms with E-state index in [1.54, 1.807) is 25.3 Å². The molecule has 1 atom stereocenters. The van der Waals surface area contributed by atoms with Gasteiger partial charge in [-0.2, -0.15) is 5.10 Å². The van der Waals surface area contributed by atoms with Gasteiger partial charge >= 0.3 is 5.97 Å². The maximum absolute atomic E-state index is 11.9. The Kier molecular flexibility index (Phi) is 5.94. The van der Waals surface area contributed by atoms with Crippen molar-refractivity contribution >= 4 is 17.6 Å². The van der Waals surface area contributed by atoms with E-state index in [0.717, 1.165) is 41.1 Å². The molecule has 35 heavy (non-hydrogen) atoms. The number of methoxy groups -OCH3 is 2. The fourth-order valence-corrected chi connectivity index (χ4v) is 4.70. The van der Waals surface area contributed by atoms with Crippen LogP contribution in [0.5, 0.6) is 5.75 Å². The molecule has 0 saturated carbocycles. The molecule has 1 N–H and O–H groups in total. The van der Waals surface area contributed by atoms with Crippen LogP contribution < -0.4 is 10.1 Å². The van der Waals surface area contributed by atoms with Crippen LogP contribution in [-0.4, -0.2) is 39.9 Å². The first-order valence-corrected chi connectivity index (χ1v) is 11.5. The first-order chi connectivity index (χ1) is 17.0. The molecule has 0 spiro atoms. The first kappa shape index (κ1) is 22.6. The van der Waals surface area contributed by atoms with Crippen molar-refractivity contribution in [2.45, 2.75) is 25.7 Å². The van der Waals surface area contributed by atoms with Crippen LogP contribution in [0.15, 0.2) is 54.7 Å². The quantitative estimate of drug-likeness (QED) is 0.411. The van der Waals surface area contributed by atoms with Crippen molar-refractivity contribution in [2.24, 2.45) is 7.05 Å². The predicted octanol–water partition coefficient (Wildman–Crippen LogP) is 4.67. The molecular weight excluding hydrogens is 442 g/mol. The average molecular weight is 470 g/mol. The summed E-state index contributed by atoms with van der Waals surface area (Å²) in [6.07, 6.45) is 3.58. The molecule has 1 aliphatic carbocycles. The Hall–Kier alpha value is -4.20. The van der Waals surface area contributed by atoms with Crippen molar-refractivity contribution in [1.29, 1.82) is 0 Å². The Balaban J connectivity index is 1.54. The van der Waals surface area contributed by atoms with Crippen LogP contribution in [-0.2, 0) is 24.6 Å². The highest BCUT2D eigenvalue weighted by Crippen LogP contribution is 2.40. The molecular formula is C27H27N5O3. The van der Waals surface area contributed by atoms with E-state index in [1.807, 2.05) is 24.0 Å². The van der Waals surface area contributed by atoms with Crippen molar-refractivity contribution in [2.75, 3.05) is 19.5 Å². The molecule has 0 radical (unpaired) electrons. The third-order valence-electron chi connectivity index (χ3n) is 6.48. The van der Waals surface area contributed by atoms with Gasteiger partial charge in [-0.3, -0.25) is 4.68 Å². The zero-order chi connectivity index (χ0) is 24.5. The van der Waals surface area contributed by atoms with E-state index in [1.165, 1.54) is 12.7 Å². The van der Waals surface area contributed by atoms with E-state index in [0.29, 0.717) is 22.9 Å². The van der Waals surface area contributed by atoms with Crippen LogP contribution in [0.25, 0.3) is 11.3 Å². The highest BCUT2D eigenvalue weighted by atomic mass is 16.5. The van der Waals surface area contributed by atoms with Gasteiger partial charge in [0.05, 0.1) is 42.6 Å². The van der Waals surface area contributed by atoms with Crippen molar-refractivity contribution in [1.82, 2.24) is 19.7 Å². The van der Waals surface area contributed by atoms with E-state index >= 15 is 0 Å². The van der Waals surface area contributed by atoms with Gasteiger partial charge in [-0.1, -0.05) is 37.3 Å². The number of aryl methyl sites for hydroxylation is 3. The van der Waals surface area contributed by atoms with Crippen molar-refractivity contribution in [3.05, 3.63) is 82.8 Å². The van der Waals surface area contributed by atoms with Gasteiger partial charge in [0.25, 0.3) is 0 Å². The van der Waals surface area contributed by atoms with Crippen molar-refractivity contribution < 1.29 is 14.3 Å². The van der Waals surface area contributed by atoms with Crippen molar-refractivity contribution in [3.63, 3.8) is 0 Å². The minimum atomic E-state index is -0.427. The number of fused-ring (bicyclic) bond motifs is 3. The fourth-order valence-electron chi connectivity index (χ4n) is 4.70. The normalized spacial score (nSPS) is 12.9. The lowest BCUT2D eigenvalue weighted by atomic mass is 9.87. The summed E-state index contributed by atoms with van der Waals surface area (Å²) in [7, 11) is 4.90. The zero-order valence-electron chi connectivity index (χ0n) is 20.2. The molecule has 8 nitrogen and oxygen atoms in total. The number of hydrogen-bond acceptors (Lipinski definition) is 7. The third kappa shape index (κ3) is 4.12. The lowest BCUT2D eigenvalue weighted by Crippen LogP contribution is -2.11. The summed E-state index contributed by atoms with van der Waals surface area (Å²) in [6, 6.07) is 15.5. The molecule has 1 unspecified atom stereocenters. The van der Waals surface area contributed by atoms with Crippen LogP contribution in [0.2, 0.25) is 0 Å². The summed E-state index contributed by atoms with van der Waals surface area (Å²) in [6.45, 7) is 2.20. The van der Waals surface area contributed by atoms with E-state index in [4.69, 9.17) is 19.6 Å². The number of benzene rings is 2. The standard InChI is InChI=1S/C27H27N5O3/c1-16(17-8-6-5-7-9-17)25-23-21(31-32(25)2)13-11-19-15-28-27(30-24(19)23)29-20-12-10-18(26(33)35-4)14-22(20)34-3/h5-10,12,14-16H,11,13H2,1-4H3,(H,28,29,30). The number of hydrogen-bond donors (Lipinski definition) is 1. The molecule has 0 fully saturated rings. The first-order valence-electron chi connectivity index (χ1n) is 11.5.